The van der Waals surface area contributed by atoms with Crippen LogP contribution in [0.5, 0.6) is 0 Å². The summed E-state index contributed by atoms with van der Waals surface area (Å²) in [6.45, 7) is 4.48. The summed E-state index contributed by atoms with van der Waals surface area (Å²) in [5.41, 5.74) is 0. The highest BCUT2D eigenvalue weighted by Crippen LogP contribution is 2.21. The first kappa shape index (κ1) is 32.2. The third-order valence-corrected chi connectivity index (χ3v) is 8.91. The fourth-order valence-corrected chi connectivity index (χ4v) is 6.19. The van der Waals surface area contributed by atoms with Crippen LogP contribution in [0.2, 0.25) is 0 Å². The van der Waals surface area contributed by atoms with Crippen LogP contribution in [0, 0.1) is 0 Å². The molecule has 194 valence electrons. The number of rotatable bonds is 26. The van der Waals surface area contributed by atoms with E-state index >= 15 is 0 Å². The molecule has 0 heterocycles. The molecule has 0 saturated carbocycles. The Labute approximate surface area is 204 Å². The van der Waals surface area contributed by atoms with Crippen LogP contribution in [0.15, 0.2) is 0 Å². The smallest absolute Gasteiger partial charge is 0.138 e. The van der Waals surface area contributed by atoms with Gasteiger partial charge in [0, 0.05) is 0 Å². The van der Waals surface area contributed by atoms with Gasteiger partial charge in [-0.2, -0.15) is 0 Å². The average molecular weight is 475 g/mol. The molecule has 0 bridgehead atoms. The van der Waals surface area contributed by atoms with Crippen molar-refractivity contribution in [3.8, 4) is 0 Å². The maximum atomic E-state index is 12.9. The lowest BCUT2D eigenvalue weighted by atomic mass is 10.1. The molecule has 0 aliphatic heterocycles. The van der Waals surface area contributed by atoms with Crippen molar-refractivity contribution >= 4 is 11.2 Å². The molecule has 0 amide bonds. The molecule has 0 radical (unpaired) electrons. The number of hydrogen-bond donors (Lipinski definition) is 2. The molecule has 2 N–H and O–H groups in total. The topological polar surface area (TPSA) is 63.5 Å². The number of aliphatic hydroxyl groups excluding tert-OH is 2. The first-order chi connectivity index (χ1) is 15.7. The minimum atomic E-state index is -1.12. The Bertz CT molecular complexity index is 322. The molecular weight excluding hydrogens is 416 g/mol. The lowest BCUT2D eigenvalue weighted by molar-refractivity contribution is 0.269. The highest BCUT2D eigenvalue weighted by atomic mass is 32.2. The van der Waals surface area contributed by atoms with Crippen LogP contribution in [0.1, 0.15) is 155 Å². The van der Waals surface area contributed by atoms with Crippen LogP contribution in [-0.2, 0) is 11.2 Å². The van der Waals surface area contributed by atoms with Gasteiger partial charge in [-0.3, -0.25) is 0 Å². The lowest BCUT2D eigenvalue weighted by Gasteiger charge is -2.26. The molecule has 2 unspecified atom stereocenters. The van der Waals surface area contributed by atoms with E-state index in [0.717, 1.165) is 25.7 Å². The van der Waals surface area contributed by atoms with E-state index in [1.54, 1.807) is 0 Å². The SMILES string of the molecule is CCCCCCCCCCCCC(CO)[S+]([O-])C(CO)CCCCCCCCCCCC. The Balaban J connectivity index is 3.78. The van der Waals surface area contributed by atoms with Gasteiger partial charge in [0.15, 0.2) is 0 Å². The normalized spacial score (nSPS) is 14.5. The van der Waals surface area contributed by atoms with E-state index in [-0.39, 0.29) is 23.7 Å². The standard InChI is InChI=1S/C28H58O3S/c1-3-5-7-9-11-13-15-17-19-21-23-27(25-29)32(31)28(26-30)24-22-20-18-16-14-12-10-8-6-4-2/h27-30H,3-26H2,1-2H3. The molecule has 3 nitrogen and oxygen atoms in total. The predicted octanol–water partition coefficient (Wildman–Crippen LogP) is 8.08. The average Bonchev–Trinajstić information content (AvgIpc) is 2.81. The van der Waals surface area contributed by atoms with Crippen LogP contribution in [0.25, 0.3) is 0 Å². The molecule has 0 saturated heterocycles. The van der Waals surface area contributed by atoms with E-state index in [0.29, 0.717) is 0 Å². The third kappa shape index (κ3) is 19.7. The molecule has 0 aromatic heterocycles. The van der Waals surface area contributed by atoms with Gasteiger partial charge in [0.1, 0.15) is 10.5 Å². The van der Waals surface area contributed by atoms with Crippen molar-refractivity contribution in [2.75, 3.05) is 13.2 Å². The summed E-state index contributed by atoms with van der Waals surface area (Å²) in [5, 5.41) is 19.2. The Morgan fingerprint density at radius 2 is 0.719 bits per heavy atom. The maximum absolute atomic E-state index is 12.9. The second-order valence-electron chi connectivity index (χ2n) is 9.88. The van der Waals surface area contributed by atoms with Crippen LogP contribution < -0.4 is 0 Å². The minimum Gasteiger partial charge on any atom is -0.616 e. The van der Waals surface area contributed by atoms with E-state index in [1.807, 2.05) is 0 Å². The van der Waals surface area contributed by atoms with E-state index in [9.17, 15) is 14.8 Å². The molecule has 0 aliphatic rings. The number of hydrogen-bond acceptors (Lipinski definition) is 3. The quantitative estimate of drug-likeness (QED) is 0.0983. The molecular formula is C28H58O3S. The lowest BCUT2D eigenvalue weighted by Crippen LogP contribution is -2.36. The zero-order valence-corrected chi connectivity index (χ0v) is 22.7. The second kappa shape index (κ2) is 25.8. The zero-order chi connectivity index (χ0) is 23.7. The van der Waals surface area contributed by atoms with Crippen molar-refractivity contribution in [1.82, 2.24) is 0 Å². The summed E-state index contributed by atoms with van der Waals surface area (Å²) in [4.78, 5) is 0. The largest absolute Gasteiger partial charge is 0.616 e. The fourth-order valence-electron chi connectivity index (χ4n) is 4.55. The maximum Gasteiger partial charge on any atom is 0.138 e. The monoisotopic (exact) mass is 474 g/mol. The first-order valence-electron chi connectivity index (χ1n) is 14.3. The van der Waals surface area contributed by atoms with Gasteiger partial charge in [0.05, 0.1) is 13.2 Å². The summed E-state index contributed by atoms with van der Waals surface area (Å²) in [6.07, 6.45) is 27.5. The van der Waals surface area contributed by atoms with Crippen LogP contribution in [-0.4, -0.2) is 38.5 Å². The predicted molar refractivity (Wildman–Crippen MR) is 143 cm³/mol. The third-order valence-electron chi connectivity index (χ3n) is 6.82. The minimum absolute atomic E-state index is 0.0153. The summed E-state index contributed by atoms with van der Waals surface area (Å²) in [6, 6.07) is 0. The van der Waals surface area contributed by atoms with Gasteiger partial charge in [-0.25, -0.2) is 0 Å². The summed E-state index contributed by atoms with van der Waals surface area (Å²) < 4.78 is 12.9. The van der Waals surface area contributed by atoms with Crippen LogP contribution in [0.4, 0.5) is 0 Å². The van der Waals surface area contributed by atoms with Gasteiger partial charge >= 0.3 is 0 Å². The van der Waals surface area contributed by atoms with Crippen LogP contribution in [0.3, 0.4) is 0 Å². The molecule has 0 aliphatic carbocycles. The van der Waals surface area contributed by atoms with Crippen molar-refractivity contribution in [1.29, 1.82) is 0 Å². The Kier molecular flexibility index (Phi) is 26.0. The van der Waals surface area contributed by atoms with Crippen molar-refractivity contribution in [3.63, 3.8) is 0 Å². The Morgan fingerprint density at radius 3 is 0.969 bits per heavy atom. The van der Waals surface area contributed by atoms with Gasteiger partial charge in [0.25, 0.3) is 0 Å². The van der Waals surface area contributed by atoms with E-state index in [4.69, 9.17) is 0 Å². The highest BCUT2D eigenvalue weighted by molar-refractivity contribution is 7.92. The van der Waals surface area contributed by atoms with Gasteiger partial charge in [0.2, 0.25) is 0 Å². The Hall–Kier alpha value is 0.230. The van der Waals surface area contributed by atoms with Gasteiger partial charge in [-0.15, -0.1) is 0 Å². The molecule has 0 aromatic carbocycles. The van der Waals surface area contributed by atoms with E-state index < -0.39 is 11.2 Å². The van der Waals surface area contributed by atoms with Gasteiger partial charge in [-0.1, -0.05) is 129 Å². The van der Waals surface area contributed by atoms with E-state index in [2.05, 4.69) is 13.8 Å². The van der Waals surface area contributed by atoms with Crippen molar-refractivity contribution in [2.45, 2.75) is 166 Å². The number of unbranched alkanes of at least 4 members (excludes halogenated alkanes) is 18. The summed E-state index contributed by atoms with van der Waals surface area (Å²) in [7, 11) is 0. The summed E-state index contributed by atoms with van der Waals surface area (Å²) in [5.74, 6) is 0. The van der Waals surface area contributed by atoms with Crippen molar-refractivity contribution in [2.24, 2.45) is 0 Å². The van der Waals surface area contributed by atoms with Gasteiger partial charge in [-0.05, 0) is 36.9 Å². The Morgan fingerprint density at radius 1 is 0.469 bits per heavy atom. The molecule has 4 heteroatoms. The zero-order valence-electron chi connectivity index (χ0n) is 21.8. The molecule has 0 spiro atoms. The molecule has 0 fully saturated rings. The molecule has 32 heavy (non-hydrogen) atoms. The van der Waals surface area contributed by atoms with Crippen molar-refractivity contribution < 1.29 is 14.8 Å². The van der Waals surface area contributed by atoms with Crippen molar-refractivity contribution in [3.05, 3.63) is 0 Å². The van der Waals surface area contributed by atoms with Crippen LogP contribution >= 0.6 is 0 Å². The fraction of sp³-hybridized carbons (Fsp3) is 1.00. The molecule has 0 aromatic rings. The summed E-state index contributed by atoms with van der Waals surface area (Å²) >= 11 is -1.12. The molecule has 2 atom stereocenters. The highest BCUT2D eigenvalue weighted by Gasteiger charge is 2.29. The van der Waals surface area contributed by atoms with Gasteiger partial charge < -0.3 is 14.8 Å². The second-order valence-corrected chi connectivity index (χ2v) is 11.9. The molecule has 0 rings (SSSR count). The van der Waals surface area contributed by atoms with E-state index in [1.165, 1.54) is 116 Å². The first-order valence-corrected chi connectivity index (χ1v) is 15.6. The number of aliphatic hydroxyl groups is 2.